The van der Waals surface area contributed by atoms with Crippen molar-refractivity contribution in [3.63, 3.8) is 0 Å². The Morgan fingerprint density at radius 3 is 2.57 bits per heavy atom. The predicted molar refractivity (Wildman–Crippen MR) is 78.2 cm³/mol. The van der Waals surface area contributed by atoms with Gasteiger partial charge in [-0.25, -0.2) is 0 Å². The van der Waals surface area contributed by atoms with E-state index in [0.717, 1.165) is 19.3 Å². The van der Waals surface area contributed by atoms with Gasteiger partial charge in [0.2, 0.25) is 0 Å². The highest BCUT2D eigenvalue weighted by Crippen LogP contribution is 2.17. The standard InChI is InChI=1S/C15H23N3O3/c16-10-12(11-18-13-6-3-4-7-13)15(21)17-9-5-1-2-8-14(19)20/h11,13,18H,1-9H2,(H,17,21)(H,19,20)/b12-11-. The summed E-state index contributed by atoms with van der Waals surface area (Å²) in [5.41, 5.74) is 0.0902. The van der Waals surface area contributed by atoms with Crippen LogP contribution in [-0.2, 0) is 9.59 Å². The summed E-state index contributed by atoms with van der Waals surface area (Å²) in [4.78, 5) is 22.1. The van der Waals surface area contributed by atoms with Crippen molar-refractivity contribution in [2.24, 2.45) is 0 Å². The number of hydrogen-bond acceptors (Lipinski definition) is 4. The Morgan fingerprint density at radius 1 is 1.24 bits per heavy atom. The number of carbonyl (C=O) groups is 2. The first-order valence-corrected chi connectivity index (χ1v) is 7.50. The van der Waals surface area contributed by atoms with E-state index in [4.69, 9.17) is 10.4 Å². The van der Waals surface area contributed by atoms with Crippen molar-refractivity contribution in [2.75, 3.05) is 6.54 Å². The van der Waals surface area contributed by atoms with Gasteiger partial charge in [0.05, 0.1) is 0 Å². The van der Waals surface area contributed by atoms with Crippen LogP contribution in [0, 0.1) is 11.3 Å². The number of carboxylic acid groups (broad SMARTS) is 1. The van der Waals surface area contributed by atoms with Crippen molar-refractivity contribution in [3.05, 3.63) is 11.8 Å². The normalized spacial score (nSPS) is 15.5. The Kier molecular flexibility index (Phi) is 7.95. The number of unbranched alkanes of at least 4 members (excludes halogenated alkanes) is 2. The van der Waals surface area contributed by atoms with Gasteiger partial charge in [-0.15, -0.1) is 0 Å². The first kappa shape index (κ1) is 17.0. The molecule has 0 bridgehead atoms. The lowest BCUT2D eigenvalue weighted by molar-refractivity contribution is -0.137. The van der Waals surface area contributed by atoms with Crippen molar-refractivity contribution >= 4 is 11.9 Å². The van der Waals surface area contributed by atoms with Gasteiger partial charge < -0.3 is 15.7 Å². The maximum absolute atomic E-state index is 11.8. The van der Waals surface area contributed by atoms with Gasteiger partial charge >= 0.3 is 5.97 Å². The third-order valence-corrected chi connectivity index (χ3v) is 3.54. The van der Waals surface area contributed by atoms with Gasteiger partial charge in [-0.2, -0.15) is 5.26 Å². The molecule has 1 rings (SSSR count). The number of hydrogen-bond donors (Lipinski definition) is 3. The van der Waals surface area contributed by atoms with Gasteiger partial charge in [-0.1, -0.05) is 19.3 Å². The molecule has 0 aromatic heterocycles. The van der Waals surface area contributed by atoms with Crippen molar-refractivity contribution < 1.29 is 14.7 Å². The molecule has 0 aliphatic heterocycles. The number of carbonyl (C=O) groups excluding carboxylic acids is 1. The molecule has 1 saturated carbocycles. The minimum absolute atomic E-state index is 0.0902. The van der Waals surface area contributed by atoms with Gasteiger partial charge in [0, 0.05) is 25.2 Å². The third-order valence-electron chi connectivity index (χ3n) is 3.54. The fourth-order valence-electron chi connectivity index (χ4n) is 2.32. The smallest absolute Gasteiger partial charge is 0.303 e. The predicted octanol–water partition coefficient (Wildman–Crippen LogP) is 1.69. The van der Waals surface area contributed by atoms with Crippen LogP contribution >= 0.6 is 0 Å². The van der Waals surface area contributed by atoms with Crippen LogP contribution in [0.15, 0.2) is 11.8 Å². The number of nitrogens with zero attached hydrogens (tertiary/aromatic N) is 1. The number of amides is 1. The molecule has 0 spiro atoms. The maximum Gasteiger partial charge on any atom is 0.303 e. The molecule has 0 aromatic rings. The van der Waals surface area contributed by atoms with Crippen LogP contribution in [0.3, 0.4) is 0 Å². The molecule has 0 heterocycles. The fourth-order valence-corrected chi connectivity index (χ4v) is 2.32. The number of carboxylic acids is 1. The lowest BCUT2D eigenvalue weighted by Gasteiger charge is -2.09. The summed E-state index contributed by atoms with van der Waals surface area (Å²) in [5.74, 6) is -1.17. The van der Waals surface area contributed by atoms with Crippen LogP contribution in [-0.4, -0.2) is 29.6 Å². The molecule has 1 fully saturated rings. The lowest BCUT2D eigenvalue weighted by Crippen LogP contribution is -2.28. The molecule has 1 amide bonds. The molecule has 0 unspecified atom stereocenters. The minimum Gasteiger partial charge on any atom is -0.481 e. The number of nitriles is 1. The van der Waals surface area contributed by atoms with Crippen LogP contribution in [0.4, 0.5) is 0 Å². The van der Waals surface area contributed by atoms with Crippen LogP contribution < -0.4 is 10.6 Å². The number of aliphatic carboxylic acids is 1. The summed E-state index contributed by atoms with van der Waals surface area (Å²) in [7, 11) is 0. The molecule has 6 heteroatoms. The first-order valence-electron chi connectivity index (χ1n) is 7.50. The quantitative estimate of drug-likeness (QED) is 0.341. The van der Waals surface area contributed by atoms with Gasteiger partial charge in [-0.05, 0) is 25.7 Å². The number of nitrogens with one attached hydrogen (secondary N) is 2. The number of rotatable bonds is 9. The highest BCUT2D eigenvalue weighted by Gasteiger charge is 2.14. The largest absolute Gasteiger partial charge is 0.481 e. The summed E-state index contributed by atoms with van der Waals surface area (Å²) in [5, 5.41) is 23.3. The average Bonchev–Trinajstić information content (AvgIpc) is 2.96. The molecule has 0 radical (unpaired) electrons. The molecule has 0 atom stereocenters. The zero-order valence-corrected chi connectivity index (χ0v) is 12.2. The van der Waals surface area contributed by atoms with Gasteiger partial charge in [0.15, 0.2) is 0 Å². The Bertz CT molecular complexity index is 420. The zero-order chi connectivity index (χ0) is 15.5. The summed E-state index contributed by atoms with van der Waals surface area (Å²) in [6, 6.07) is 2.27. The first-order chi connectivity index (χ1) is 10.1. The van der Waals surface area contributed by atoms with Crippen molar-refractivity contribution in [2.45, 2.75) is 57.4 Å². The average molecular weight is 293 g/mol. The van der Waals surface area contributed by atoms with Crippen molar-refractivity contribution in [1.82, 2.24) is 10.6 Å². The van der Waals surface area contributed by atoms with Crippen molar-refractivity contribution in [3.8, 4) is 6.07 Å². The summed E-state index contributed by atoms with van der Waals surface area (Å²) >= 11 is 0. The van der Waals surface area contributed by atoms with Crippen LogP contribution in [0.1, 0.15) is 51.4 Å². The topological polar surface area (TPSA) is 102 Å². The summed E-state index contributed by atoms with van der Waals surface area (Å²) in [6.45, 7) is 0.459. The van der Waals surface area contributed by atoms with E-state index in [1.54, 1.807) is 0 Å². The SMILES string of the molecule is N#C/C(=C/NC1CCCC1)C(=O)NCCCCCC(=O)O. The van der Waals surface area contributed by atoms with E-state index in [1.807, 2.05) is 6.07 Å². The second-order valence-corrected chi connectivity index (χ2v) is 5.28. The highest BCUT2D eigenvalue weighted by molar-refractivity contribution is 5.97. The van der Waals surface area contributed by atoms with Gasteiger partial charge in [0.25, 0.3) is 5.91 Å². The van der Waals surface area contributed by atoms with E-state index in [9.17, 15) is 9.59 Å². The van der Waals surface area contributed by atoms with E-state index in [-0.39, 0.29) is 17.9 Å². The molecule has 0 saturated heterocycles. The molecule has 0 aromatic carbocycles. The Balaban J connectivity index is 2.20. The van der Waals surface area contributed by atoms with E-state index in [2.05, 4.69) is 10.6 Å². The molecular formula is C15H23N3O3. The monoisotopic (exact) mass is 293 g/mol. The van der Waals surface area contributed by atoms with Gasteiger partial charge in [0.1, 0.15) is 11.6 Å². The molecule has 3 N–H and O–H groups in total. The second kappa shape index (κ2) is 9.81. The third kappa shape index (κ3) is 7.35. The maximum atomic E-state index is 11.8. The lowest BCUT2D eigenvalue weighted by atomic mass is 10.2. The van der Waals surface area contributed by atoms with E-state index in [1.165, 1.54) is 19.0 Å². The molecule has 1 aliphatic carbocycles. The van der Waals surface area contributed by atoms with E-state index >= 15 is 0 Å². The summed E-state index contributed by atoms with van der Waals surface area (Å²) in [6.07, 6.45) is 8.28. The Labute approximate surface area is 125 Å². The molecular weight excluding hydrogens is 270 g/mol. The Hall–Kier alpha value is -2.03. The zero-order valence-electron chi connectivity index (χ0n) is 12.2. The van der Waals surface area contributed by atoms with Crippen LogP contribution in [0.25, 0.3) is 0 Å². The van der Waals surface area contributed by atoms with Crippen LogP contribution in [0.2, 0.25) is 0 Å². The van der Waals surface area contributed by atoms with E-state index in [0.29, 0.717) is 25.4 Å². The van der Waals surface area contributed by atoms with Crippen molar-refractivity contribution in [1.29, 1.82) is 5.26 Å². The fraction of sp³-hybridized carbons (Fsp3) is 0.667. The molecule has 1 aliphatic rings. The van der Waals surface area contributed by atoms with Crippen LogP contribution in [0.5, 0.6) is 0 Å². The Morgan fingerprint density at radius 2 is 1.95 bits per heavy atom. The van der Waals surface area contributed by atoms with Gasteiger partial charge in [-0.3, -0.25) is 9.59 Å². The molecule has 21 heavy (non-hydrogen) atoms. The van der Waals surface area contributed by atoms with E-state index < -0.39 is 5.97 Å². The molecule has 6 nitrogen and oxygen atoms in total. The summed E-state index contributed by atoms with van der Waals surface area (Å²) < 4.78 is 0. The molecule has 116 valence electrons. The second-order valence-electron chi connectivity index (χ2n) is 5.28. The highest BCUT2D eigenvalue weighted by atomic mass is 16.4. The minimum atomic E-state index is -0.799.